The van der Waals surface area contributed by atoms with Gasteiger partial charge in [0.15, 0.2) is 5.57 Å². The largest absolute Gasteiger partial charge is 0.321 e. The third kappa shape index (κ3) is 5.65. The molecule has 10 heteroatoms. The maximum Gasteiger partial charge on any atom is 0.288 e. The van der Waals surface area contributed by atoms with Gasteiger partial charge in [0, 0.05) is 15.5 Å². The number of thiazole rings is 1. The Labute approximate surface area is 217 Å². The molecular formula is C26H19F2N3O2S3. The first-order valence-electron chi connectivity index (χ1n) is 10.6. The number of amides is 1. The Bertz CT molecular complexity index is 1630. The smallest absolute Gasteiger partial charge is 0.288 e. The molecule has 4 rings (SSSR count). The van der Waals surface area contributed by atoms with Crippen LogP contribution in [0, 0.1) is 25.2 Å². The average molecular weight is 540 g/mol. The van der Waals surface area contributed by atoms with Gasteiger partial charge in [0.05, 0.1) is 10.2 Å². The second-order valence-electron chi connectivity index (χ2n) is 7.71. The van der Waals surface area contributed by atoms with Crippen LogP contribution in [0.3, 0.4) is 0 Å². The molecule has 2 aromatic carbocycles. The van der Waals surface area contributed by atoms with Crippen molar-refractivity contribution >= 4 is 57.7 Å². The van der Waals surface area contributed by atoms with E-state index in [-0.39, 0.29) is 15.8 Å². The number of hydrogen-bond donors (Lipinski definition) is 1. The van der Waals surface area contributed by atoms with Crippen LogP contribution >= 0.6 is 34.4 Å². The number of thiophene rings is 1. The van der Waals surface area contributed by atoms with Crippen LogP contribution in [-0.4, -0.2) is 16.2 Å². The molecule has 0 atom stereocenters. The first-order valence-corrected chi connectivity index (χ1v) is 13.2. The van der Waals surface area contributed by atoms with E-state index in [9.17, 15) is 23.6 Å². The predicted octanol–water partition coefficient (Wildman–Crippen LogP) is 5.03. The van der Waals surface area contributed by atoms with Crippen LogP contribution < -0.4 is 20.1 Å². The number of nitrogens with one attached hydrogen (secondary N) is 1. The van der Waals surface area contributed by atoms with Crippen LogP contribution in [0.1, 0.15) is 16.0 Å². The molecule has 0 radical (unpaired) electrons. The van der Waals surface area contributed by atoms with E-state index in [1.165, 1.54) is 40.2 Å². The molecule has 2 aromatic heterocycles. The van der Waals surface area contributed by atoms with Crippen molar-refractivity contribution in [3.63, 3.8) is 0 Å². The van der Waals surface area contributed by atoms with Gasteiger partial charge in [-0.1, -0.05) is 35.5 Å². The fraction of sp³-hybridized carbons (Fsp3) is 0.115. The van der Waals surface area contributed by atoms with Gasteiger partial charge < -0.3 is 5.32 Å². The van der Waals surface area contributed by atoms with Crippen molar-refractivity contribution in [1.29, 1.82) is 5.26 Å². The van der Waals surface area contributed by atoms with Crippen molar-refractivity contribution in [3.05, 3.63) is 95.5 Å². The third-order valence-electron chi connectivity index (χ3n) is 5.12. The van der Waals surface area contributed by atoms with Crippen LogP contribution in [0.15, 0.2) is 69.7 Å². The maximum atomic E-state index is 13.5. The molecule has 4 aromatic rings. The number of carbonyl (C=O) groups is 1. The topological polar surface area (TPSA) is 74.9 Å². The molecule has 0 aliphatic rings. The van der Waals surface area contributed by atoms with Gasteiger partial charge in [0.1, 0.15) is 10.7 Å². The van der Waals surface area contributed by atoms with E-state index in [0.717, 1.165) is 27.3 Å². The summed E-state index contributed by atoms with van der Waals surface area (Å²) >= 11 is 2.94. The van der Waals surface area contributed by atoms with Crippen LogP contribution in [0.5, 0.6) is 0 Å². The highest BCUT2D eigenvalue weighted by atomic mass is 32.2. The van der Waals surface area contributed by atoms with Crippen molar-refractivity contribution in [3.8, 4) is 11.8 Å². The van der Waals surface area contributed by atoms with Gasteiger partial charge in [-0.2, -0.15) is 14.0 Å². The Hall–Kier alpha value is -3.52. The number of halogens is 2. The minimum atomic E-state index is -2.55. The molecule has 0 aliphatic heterocycles. The van der Waals surface area contributed by atoms with E-state index in [1.807, 2.05) is 49.6 Å². The van der Waals surface area contributed by atoms with E-state index in [1.54, 1.807) is 12.1 Å². The van der Waals surface area contributed by atoms with Crippen molar-refractivity contribution in [2.45, 2.75) is 24.5 Å². The summed E-state index contributed by atoms with van der Waals surface area (Å²) in [6, 6.07) is 17.2. The number of carbonyl (C=O) groups excluding carboxylic acids is 1. The maximum absolute atomic E-state index is 13.5. The number of nitrogens with zero attached hydrogens (tertiary/aromatic N) is 2. The number of thioether (sulfide) groups is 1. The van der Waals surface area contributed by atoms with Crippen LogP contribution in [0.2, 0.25) is 0 Å². The molecule has 0 unspecified atom stereocenters. The lowest BCUT2D eigenvalue weighted by molar-refractivity contribution is -0.111. The zero-order valence-corrected chi connectivity index (χ0v) is 21.6. The van der Waals surface area contributed by atoms with Crippen molar-refractivity contribution in [1.82, 2.24) is 4.57 Å². The van der Waals surface area contributed by atoms with Gasteiger partial charge in [0.25, 0.3) is 17.2 Å². The van der Waals surface area contributed by atoms with E-state index in [0.29, 0.717) is 32.6 Å². The highest BCUT2D eigenvalue weighted by Gasteiger charge is 2.18. The van der Waals surface area contributed by atoms with Gasteiger partial charge >= 0.3 is 0 Å². The summed E-state index contributed by atoms with van der Waals surface area (Å²) in [4.78, 5) is 27.9. The molecule has 1 N–H and O–H groups in total. The van der Waals surface area contributed by atoms with Crippen LogP contribution in [0.25, 0.3) is 17.3 Å². The average Bonchev–Trinajstić information content (AvgIpc) is 3.44. The van der Waals surface area contributed by atoms with Crippen LogP contribution in [-0.2, 0) is 4.79 Å². The van der Waals surface area contributed by atoms with E-state index in [4.69, 9.17) is 0 Å². The molecule has 0 spiro atoms. The molecule has 0 aliphatic carbocycles. The van der Waals surface area contributed by atoms with Crippen molar-refractivity contribution in [2.75, 3.05) is 5.32 Å². The number of alkyl halides is 2. The molecule has 2 heterocycles. The minimum Gasteiger partial charge on any atom is -0.321 e. The number of hydrogen-bond acceptors (Lipinski definition) is 6. The Morgan fingerprint density at radius 1 is 1.17 bits per heavy atom. The fourth-order valence-corrected chi connectivity index (χ4v) is 5.85. The summed E-state index contributed by atoms with van der Waals surface area (Å²) in [5, 5.41) is 14.5. The van der Waals surface area contributed by atoms with Gasteiger partial charge in [-0.3, -0.25) is 14.2 Å². The number of benzene rings is 2. The SMILES string of the molecule is Cc1ccc(-n2c(=O)/c(=C\c3cccs3)s/c2=C(/C#N)C(=O)Nc2ccc(SC(F)F)cc2)c(C)c1. The van der Waals surface area contributed by atoms with Gasteiger partial charge in [-0.15, -0.1) is 22.7 Å². The Kier molecular flexibility index (Phi) is 7.84. The summed E-state index contributed by atoms with van der Waals surface area (Å²) in [5.74, 6) is -3.25. The first kappa shape index (κ1) is 25.6. The monoisotopic (exact) mass is 539 g/mol. The highest BCUT2D eigenvalue weighted by molar-refractivity contribution is 7.99. The van der Waals surface area contributed by atoms with E-state index in [2.05, 4.69) is 5.32 Å². The van der Waals surface area contributed by atoms with E-state index < -0.39 is 11.7 Å². The normalized spacial score (nSPS) is 12.5. The summed E-state index contributed by atoms with van der Waals surface area (Å²) < 4.78 is 27.2. The summed E-state index contributed by atoms with van der Waals surface area (Å²) in [5.41, 5.74) is 2.20. The minimum absolute atomic E-state index is 0.208. The van der Waals surface area contributed by atoms with Gasteiger partial charge in [0.2, 0.25) is 0 Å². The summed E-state index contributed by atoms with van der Waals surface area (Å²) in [7, 11) is 0. The standard InChI is InChI=1S/C26H19F2N3O2S3/c1-15-5-10-21(16(2)12-15)31-24(33)22(13-19-4-3-11-34-19)36-25(31)20(14-29)23(32)30-17-6-8-18(9-7-17)35-26(27)28/h3-13,26H,1-2H3,(H,30,32)/b22-13+,25-20-. The first-order chi connectivity index (χ1) is 17.3. The highest BCUT2D eigenvalue weighted by Crippen LogP contribution is 2.26. The van der Waals surface area contributed by atoms with Crippen LogP contribution in [0.4, 0.5) is 14.5 Å². The zero-order chi connectivity index (χ0) is 25.8. The summed E-state index contributed by atoms with van der Waals surface area (Å²) in [6.45, 7) is 3.80. The second kappa shape index (κ2) is 11.0. The Morgan fingerprint density at radius 2 is 1.92 bits per heavy atom. The second-order valence-corrected chi connectivity index (χ2v) is 10.8. The Balaban J connectivity index is 1.86. The van der Waals surface area contributed by atoms with Gasteiger partial charge in [-0.25, -0.2) is 0 Å². The predicted molar refractivity (Wildman–Crippen MR) is 142 cm³/mol. The number of anilines is 1. The summed E-state index contributed by atoms with van der Waals surface area (Å²) in [6.07, 6.45) is 1.74. The number of aromatic nitrogens is 1. The molecule has 0 saturated heterocycles. The number of aryl methyl sites for hydroxylation is 2. The molecule has 1 amide bonds. The zero-order valence-electron chi connectivity index (χ0n) is 19.1. The number of nitriles is 1. The molecule has 182 valence electrons. The molecule has 5 nitrogen and oxygen atoms in total. The molecule has 0 saturated carbocycles. The lowest BCUT2D eigenvalue weighted by Gasteiger charge is -2.09. The lowest BCUT2D eigenvalue weighted by Crippen LogP contribution is -2.32. The van der Waals surface area contributed by atoms with E-state index >= 15 is 0 Å². The van der Waals surface area contributed by atoms with Crippen molar-refractivity contribution < 1.29 is 13.6 Å². The van der Waals surface area contributed by atoms with Gasteiger partial charge in [-0.05, 0) is 67.3 Å². The molecule has 36 heavy (non-hydrogen) atoms. The fourth-order valence-electron chi connectivity index (χ4n) is 3.54. The molecular weight excluding hydrogens is 521 g/mol. The lowest BCUT2D eigenvalue weighted by atomic mass is 10.1. The quantitative estimate of drug-likeness (QED) is 0.349. The molecule has 0 fully saturated rings. The number of rotatable bonds is 6. The Morgan fingerprint density at radius 3 is 2.53 bits per heavy atom. The third-order valence-corrected chi connectivity index (χ3v) is 7.76. The van der Waals surface area contributed by atoms with Crippen molar-refractivity contribution in [2.24, 2.45) is 0 Å². The molecule has 0 bridgehead atoms.